The molecule has 0 aliphatic carbocycles. The van der Waals surface area contributed by atoms with Crippen LogP contribution in [0.1, 0.15) is 19.4 Å². The van der Waals surface area contributed by atoms with Crippen molar-refractivity contribution < 1.29 is 4.79 Å². The molecule has 0 saturated heterocycles. The molecule has 5 heteroatoms. The number of hydrogen-bond donors (Lipinski definition) is 2. The van der Waals surface area contributed by atoms with Gasteiger partial charge in [0.15, 0.2) is 0 Å². The summed E-state index contributed by atoms with van der Waals surface area (Å²) in [6.45, 7) is 6.21. The van der Waals surface area contributed by atoms with Crippen LogP contribution in [0.4, 0.5) is 5.69 Å². The van der Waals surface area contributed by atoms with E-state index in [1.807, 2.05) is 55.1 Å². The SMILES string of the molecule is CCNCC(C)C(=O)Nc1cccc(Cn2cccn2)c1. The second-order valence-electron chi connectivity index (χ2n) is 5.10. The zero-order valence-electron chi connectivity index (χ0n) is 12.5. The van der Waals surface area contributed by atoms with Crippen molar-refractivity contribution in [2.24, 2.45) is 5.92 Å². The second kappa shape index (κ2) is 7.59. The van der Waals surface area contributed by atoms with E-state index < -0.39 is 0 Å². The molecule has 1 amide bonds. The van der Waals surface area contributed by atoms with Crippen LogP contribution < -0.4 is 10.6 Å². The van der Waals surface area contributed by atoms with Crippen LogP contribution in [0.25, 0.3) is 0 Å². The first kappa shape index (κ1) is 15.3. The summed E-state index contributed by atoms with van der Waals surface area (Å²) in [5, 5.41) is 10.3. The Morgan fingerprint density at radius 2 is 2.24 bits per heavy atom. The summed E-state index contributed by atoms with van der Waals surface area (Å²) in [4.78, 5) is 12.1. The predicted octanol–water partition coefficient (Wildman–Crippen LogP) is 2.12. The van der Waals surface area contributed by atoms with E-state index in [-0.39, 0.29) is 11.8 Å². The lowest BCUT2D eigenvalue weighted by atomic mass is 10.1. The molecule has 5 nitrogen and oxygen atoms in total. The van der Waals surface area contributed by atoms with Gasteiger partial charge in [-0.25, -0.2) is 0 Å². The first-order valence-electron chi connectivity index (χ1n) is 7.27. The number of rotatable bonds is 7. The molecule has 112 valence electrons. The number of anilines is 1. The van der Waals surface area contributed by atoms with Crippen LogP contribution in [0.2, 0.25) is 0 Å². The number of aromatic nitrogens is 2. The van der Waals surface area contributed by atoms with Crippen LogP contribution in [0.3, 0.4) is 0 Å². The summed E-state index contributed by atoms with van der Waals surface area (Å²) in [5.74, 6) is -0.0214. The third kappa shape index (κ3) is 4.72. The molecular weight excluding hydrogens is 264 g/mol. The van der Waals surface area contributed by atoms with Crippen molar-refractivity contribution in [2.75, 3.05) is 18.4 Å². The zero-order valence-corrected chi connectivity index (χ0v) is 12.5. The predicted molar refractivity (Wildman–Crippen MR) is 84.1 cm³/mol. The molecular formula is C16H22N4O. The van der Waals surface area contributed by atoms with Crippen LogP contribution in [-0.2, 0) is 11.3 Å². The molecule has 0 saturated carbocycles. The molecule has 2 N–H and O–H groups in total. The molecule has 1 unspecified atom stereocenters. The first-order valence-corrected chi connectivity index (χ1v) is 7.27. The Hall–Kier alpha value is -2.14. The van der Waals surface area contributed by atoms with Gasteiger partial charge in [0, 0.05) is 30.5 Å². The van der Waals surface area contributed by atoms with Gasteiger partial charge in [-0.1, -0.05) is 26.0 Å². The molecule has 0 radical (unpaired) electrons. The second-order valence-corrected chi connectivity index (χ2v) is 5.10. The van der Waals surface area contributed by atoms with Crippen molar-refractivity contribution in [3.8, 4) is 0 Å². The van der Waals surface area contributed by atoms with E-state index >= 15 is 0 Å². The summed E-state index contributed by atoms with van der Waals surface area (Å²) < 4.78 is 1.86. The number of hydrogen-bond acceptors (Lipinski definition) is 3. The maximum Gasteiger partial charge on any atom is 0.228 e. The Morgan fingerprint density at radius 1 is 1.38 bits per heavy atom. The number of carbonyl (C=O) groups excluding carboxylic acids is 1. The normalized spacial score (nSPS) is 12.1. The first-order chi connectivity index (χ1) is 10.2. The van der Waals surface area contributed by atoms with Crippen LogP contribution in [0, 0.1) is 5.92 Å². The van der Waals surface area contributed by atoms with Gasteiger partial charge >= 0.3 is 0 Å². The van der Waals surface area contributed by atoms with E-state index in [1.54, 1.807) is 6.20 Å². The van der Waals surface area contributed by atoms with Gasteiger partial charge in [-0.2, -0.15) is 5.10 Å². The highest BCUT2D eigenvalue weighted by atomic mass is 16.1. The highest BCUT2D eigenvalue weighted by molar-refractivity contribution is 5.92. The van der Waals surface area contributed by atoms with Crippen LogP contribution in [-0.4, -0.2) is 28.8 Å². The Balaban J connectivity index is 1.96. The average Bonchev–Trinajstić information content (AvgIpc) is 2.98. The highest BCUT2D eigenvalue weighted by Gasteiger charge is 2.12. The molecule has 0 bridgehead atoms. The molecule has 1 aromatic heterocycles. The van der Waals surface area contributed by atoms with Gasteiger partial charge in [0.1, 0.15) is 0 Å². The summed E-state index contributed by atoms with van der Waals surface area (Å²) in [7, 11) is 0. The van der Waals surface area contributed by atoms with Crippen molar-refractivity contribution in [2.45, 2.75) is 20.4 Å². The quantitative estimate of drug-likeness (QED) is 0.819. The fraction of sp³-hybridized carbons (Fsp3) is 0.375. The molecule has 0 aliphatic rings. The molecule has 1 aromatic carbocycles. The van der Waals surface area contributed by atoms with E-state index in [1.165, 1.54) is 0 Å². The molecule has 1 atom stereocenters. The summed E-state index contributed by atoms with van der Waals surface area (Å²) in [6, 6.07) is 9.76. The van der Waals surface area contributed by atoms with Crippen molar-refractivity contribution >= 4 is 11.6 Å². The van der Waals surface area contributed by atoms with Gasteiger partial charge in [-0.3, -0.25) is 9.48 Å². The lowest BCUT2D eigenvalue weighted by molar-refractivity contribution is -0.119. The van der Waals surface area contributed by atoms with Gasteiger partial charge < -0.3 is 10.6 Å². The fourth-order valence-electron chi connectivity index (χ4n) is 2.05. The number of benzene rings is 1. The topological polar surface area (TPSA) is 59.0 Å². The smallest absolute Gasteiger partial charge is 0.228 e. The van der Waals surface area contributed by atoms with E-state index in [0.29, 0.717) is 13.1 Å². The van der Waals surface area contributed by atoms with Crippen molar-refractivity contribution in [1.82, 2.24) is 15.1 Å². The Morgan fingerprint density at radius 3 is 2.95 bits per heavy atom. The van der Waals surface area contributed by atoms with Gasteiger partial charge in [-0.15, -0.1) is 0 Å². The van der Waals surface area contributed by atoms with Crippen molar-refractivity contribution in [1.29, 1.82) is 0 Å². The van der Waals surface area contributed by atoms with E-state index in [2.05, 4.69) is 15.7 Å². The van der Waals surface area contributed by atoms with E-state index in [0.717, 1.165) is 17.8 Å². The molecule has 0 spiro atoms. The lowest BCUT2D eigenvalue weighted by Crippen LogP contribution is -2.30. The minimum atomic E-state index is -0.0558. The maximum atomic E-state index is 12.1. The van der Waals surface area contributed by atoms with Crippen molar-refractivity contribution in [3.05, 3.63) is 48.3 Å². The minimum Gasteiger partial charge on any atom is -0.326 e. The molecule has 1 heterocycles. The Kier molecular flexibility index (Phi) is 5.51. The molecule has 0 aliphatic heterocycles. The van der Waals surface area contributed by atoms with Crippen LogP contribution in [0.5, 0.6) is 0 Å². The van der Waals surface area contributed by atoms with Gasteiger partial charge in [-0.05, 0) is 30.3 Å². The standard InChI is InChI=1S/C16H22N4O/c1-3-17-11-13(2)16(21)19-15-7-4-6-14(10-15)12-20-9-5-8-18-20/h4-10,13,17H,3,11-12H2,1-2H3,(H,19,21). The number of amides is 1. The van der Waals surface area contributed by atoms with Crippen LogP contribution in [0.15, 0.2) is 42.7 Å². The van der Waals surface area contributed by atoms with Crippen molar-refractivity contribution in [3.63, 3.8) is 0 Å². The number of nitrogens with one attached hydrogen (secondary N) is 2. The van der Waals surface area contributed by atoms with Gasteiger partial charge in [0.2, 0.25) is 5.91 Å². The minimum absolute atomic E-state index is 0.0344. The molecule has 2 rings (SSSR count). The molecule has 2 aromatic rings. The maximum absolute atomic E-state index is 12.1. The zero-order chi connectivity index (χ0) is 15.1. The Labute approximate surface area is 125 Å². The monoisotopic (exact) mass is 286 g/mol. The van der Waals surface area contributed by atoms with Gasteiger partial charge in [0.05, 0.1) is 6.54 Å². The third-order valence-electron chi connectivity index (χ3n) is 3.25. The lowest BCUT2D eigenvalue weighted by Gasteiger charge is -2.13. The summed E-state index contributed by atoms with van der Waals surface area (Å²) in [5.41, 5.74) is 1.93. The molecule has 21 heavy (non-hydrogen) atoms. The van der Waals surface area contributed by atoms with Gasteiger partial charge in [0.25, 0.3) is 0 Å². The summed E-state index contributed by atoms with van der Waals surface area (Å²) in [6.07, 6.45) is 3.68. The van der Waals surface area contributed by atoms with Crippen LogP contribution >= 0.6 is 0 Å². The van der Waals surface area contributed by atoms with E-state index in [4.69, 9.17) is 0 Å². The highest BCUT2D eigenvalue weighted by Crippen LogP contribution is 2.13. The Bertz CT molecular complexity index is 565. The van der Waals surface area contributed by atoms with E-state index in [9.17, 15) is 4.79 Å². The number of nitrogens with zero attached hydrogens (tertiary/aromatic N) is 2. The fourth-order valence-corrected chi connectivity index (χ4v) is 2.05. The molecule has 0 fully saturated rings. The largest absolute Gasteiger partial charge is 0.326 e. The third-order valence-corrected chi connectivity index (χ3v) is 3.25. The average molecular weight is 286 g/mol. The summed E-state index contributed by atoms with van der Waals surface area (Å²) >= 11 is 0. The number of carbonyl (C=O) groups is 1.